The van der Waals surface area contributed by atoms with Gasteiger partial charge in [0.05, 0.1) is 0 Å². The first-order valence-corrected chi connectivity index (χ1v) is 4.92. The van der Waals surface area contributed by atoms with E-state index in [-0.39, 0.29) is 5.54 Å². The van der Waals surface area contributed by atoms with E-state index in [0.29, 0.717) is 11.8 Å². The van der Waals surface area contributed by atoms with Crippen LogP contribution in [0.3, 0.4) is 0 Å². The lowest BCUT2D eigenvalue weighted by Crippen LogP contribution is -2.22. The molecule has 0 heterocycles. The minimum absolute atomic E-state index is 0.0221. The Morgan fingerprint density at radius 3 is 2.92 bits per heavy atom. The molecule has 0 radical (unpaired) electrons. The molecule has 3 saturated carbocycles. The Kier molecular flexibility index (Phi) is 0.690. The molecule has 4 rings (SSSR count). The number of hydrogen-bond acceptors (Lipinski definition) is 2. The van der Waals surface area contributed by atoms with Crippen LogP contribution in [0.4, 0.5) is 0 Å². The summed E-state index contributed by atoms with van der Waals surface area (Å²) in [5, 5.41) is 3.34. The summed E-state index contributed by atoms with van der Waals surface area (Å²) in [6.07, 6.45) is 6.06. The van der Waals surface area contributed by atoms with Crippen LogP contribution in [0.2, 0.25) is 0 Å². The summed E-state index contributed by atoms with van der Waals surface area (Å²) in [5.74, 6) is 3.13. The second-order valence-corrected chi connectivity index (χ2v) is 4.84. The maximum Gasteiger partial charge on any atom is 0.110 e. The minimum atomic E-state index is -0.0221. The van der Waals surface area contributed by atoms with Crippen molar-refractivity contribution in [2.75, 3.05) is 0 Å². The molecule has 0 bridgehead atoms. The topological polar surface area (TPSA) is 29.4 Å². The van der Waals surface area contributed by atoms with Crippen molar-refractivity contribution in [2.24, 2.45) is 28.8 Å². The van der Waals surface area contributed by atoms with Gasteiger partial charge in [0.15, 0.2) is 0 Å². The van der Waals surface area contributed by atoms with Gasteiger partial charge in [0.25, 0.3) is 0 Å². The van der Waals surface area contributed by atoms with Gasteiger partial charge in [-0.2, -0.15) is 4.91 Å². The molecule has 0 spiro atoms. The first-order valence-electron chi connectivity index (χ1n) is 4.92. The van der Waals surface area contributed by atoms with Crippen molar-refractivity contribution in [3.63, 3.8) is 0 Å². The third-order valence-electron chi connectivity index (χ3n) is 4.58. The number of rotatable bonds is 2. The second kappa shape index (κ2) is 1.40. The Labute approximate surface area is 71.0 Å². The predicted octanol–water partition coefficient (Wildman–Crippen LogP) is 2.11. The highest BCUT2D eigenvalue weighted by Crippen LogP contribution is 2.85. The minimum Gasteiger partial charge on any atom is -0.150 e. The van der Waals surface area contributed by atoms with Crippen molar-refractivity contribution in [2.45, 2.75) is 24.8 Å². The van der Waals surface area contributed by atoms with E-state index >= 15 is 0 Å². The fourth-order valence-electron chi connectivity index (χ4n) is 3.76. The molecule has 4 aliphatic rings. The smallest absolute Gasteiger partial charge is 0.110 e. The average Bonchev–Trinajstić information content (AvgIpc) is 2.70. The van der Waals surface area contributed by atoms with Gasteiger partial charge >= 0.3 is 0 Å². The van der Waals surface area contributed by atoms with Crippen LogP contribution in [0, 0.1) is 28.6 Å². The summed E-state index contributed by atoms with van der Waals surface area (Å²) >= 11 is 0. The Morgan fingerprint density at radius 2 is 2.42 bits per heavy atom. The van der Waals surface area contributed by atoms with Crippen LogP contribution in [-0.2, 0) is 0 Å². The summed E-state index contributed by atoms with van der Waals surface area (Å²) in [6.45, 7) is 0. The molecule has 0 aromatic carbocycles. The van der Waals surface area contributed by atoms with Crippen molar-refractivity contribution in [1.82, 2.24) is 0 Å². The van der Waals surface area contributed by atoms with Crippen molar-refractivity contribution in [3.05, 3.63) is 16.6 Å². The standard InChI is InChI=1S/C10H11NO/c12-11-10-4-6(10)8-7(9(8)10)5-2-1-3-5/h2,6-9H,1,3-4H2. The van der Waals surface area contributed by atoms with Crippen molar-refractivity contribution < 1.29 is 0 Å². The summed E-state index contributed by atoms with van der Waals surface area (Å²) in [6, 6.07) is 0. The van der Waals surface area contributed by atoms with Crippen LogP contribution in [0.15, 0.2) is 16.8 Å². The number of fused-ring (bicyclic) bond motifs is 4. The molecule has 0 aliphatic heterocycles. The molecular formula is C10H11NO. The van der Waals surface area contributed by atoms with E-state index in [1.165, 1.54) is 12.8 Å². The van der Waals surface area contributed by atoms with E-state index in [4.69, 9.17) is 0 Å². The monoisotopic (exact) mass is 161 g/mol. The van der Waals surface area contributed by atoms with Crippen LogP contribution < -0.4 is 0 Å². The summed E-state index contributed by atoms with van der Waals surface area (Å²) in [4.78, 5) is 10.6. The van der Waals surface area contributed by atoms with Gasteiger partial charge in [-0.15, -0.1) is 0 Å². The summed E-state index contributed by atoms with van der Waals surface area (Å²) in [5.41, 5.74) is 1.63. The summed E-state index contributed by atoms with van der Waals surface area (Å²) < 4.78 is 0. The van der Waals surface area contributed by atoms with Gasteiger partial charge in [0.2, 0.25) is 0 Å². The molecule has 0 N–H and O–H groups in total. The van der Waals surface area contributed by atoms with Crippen LogP contribution in [0.5, 0.6) is 0 Å². The van der Waals surface area contributed by atoms with Crippen LogP contribution in [-0.4, -0.2) is 5.54 Å². The van der Waals surface area contributed by atoms with E-state index in [1.807, 2.05) is 0 Å². The molecule has 12 heavy (non-hydrogen) atoms. The molecular weight excluding hydrogens is 150 g/mol. The van der Waals surface area contributed by atoms with E-state index in [9.17, 15) is 4.91 Å². The van der Waals surface area contributed by atoms with E-state index in [0.717, 1.165) is 18.3 Å². The number of nitrogens with zero attached hydrogens (tertiary/aromatic N) is 1. The zero-order chi connectivity index (χ0) is 7.92. The third kappa shape index (κ3) is 0.380. The third-order valence-corrected chi connectivity index (χ3v) is 4.58. The maximum atomic E-state index is 10.6. The van der Waals surface area contributed by atoms with Crippen molar-refractivity contribution in [3.8, 4) is 0 Å². The second-order valence-electron chi connectivity index (χ2n) is 4.84. The predicted molar refractivity (Wildman–Crippen MR) is 44.4 cm³/mol. The molecule has 2 heteroatoms. The van der Waals surface area contributed by atoms with Crippen molar-refractivity contribution in [1.29, 1.82) is 0 Å². The Morgan fingerprint density at radius 1 is 1.58 bits per heavy atom. The zero-order valence-corrected chi connectivity index (χ0v) is 6.86. The molecule has 2 nitrogen and oxygen atoms in total. The quantitative estimate of drug-likeness (QED) is 0.450. The average molecular weight is 161 g/mol. The first kappa shape index (κ1) is 5.90. The van der Waals surface area contributed by atoms with E-state index in [1.54, 1.807) is 5.57 Å². The molecule has 0 aromatic rings. The number of nitroso groups, excluding NO2 is 1. The fourth-order valence-corrected chi connectivity index (χ4v) is 3.76. The molecule has 3 fully saturated rings. The van der Waals surface area contributed by atoms with Gasteiger partial charge in [0, 0.05) is 0 Å². The molecule has 5 unspecified atom stereocenters. The number of allylic oxidation sites excluding steroid dienone is 2. The lowest BCUT2D eigenvalue weighted by Gasteiger charge is -2.15. The van der Waals surface area contributed by atoms with E-state index in [2.05, 4.69) is 11.3 Å². The lowest BCUT2D eigenvalue weighted by atomic mass is 9.92. The van der Waals surface area contributed by atoms with Gasteiger partial charge in [-0.3, -0.25) is 0 Å². The van der Waals surface area contributed by atoms with Crippen LogP contribution in [0.1, 0.15) is 19.3 Å². The Balaban J connectivity index is 1.65. The Hall–Kier alpha value is -0.660. The summed E-state index contributed by atoms with van der Waals surface area (Å²) in [7, 11) is 0. The first-order chi connectivity index (χ1) is 5.88. The van der Waals surface area contributed by atoms with Gasteiger partial charge in [-0.1, -0.05) is 16.8 Å². The SMILES string of the molecule is O=NC12CC1C1C(C3=CCC3)C12. The van der Waals surface area contributed by atoms with Gasteiger partial charge in [-0.05, 0) is 42.9 Å². The molecule has 5 atom stereocenters. The molecule has 62 valence electrons. The number of hydrogen-bond donors (Lipinski definition) is 0. The normalized spacial score (nSPS) is 63.2. The zero-order valence-electron chi connectivity index (χ0n) is 6.86. The molecule has 0 saturated heterocycles. The van der Waals surface area contributed by atoms with Crippen LogP contribution >= 0.6 is 0 Å². The highest BCUT2D eigenvalue weighted by atomic mass is 16.3. The Bertz CT molecular complexity index is 322. The lowest BCUT2D eigenvalue weighted by molar-refractivity contribution is 0.370. The van der Waals surface area contributed by atoms with Gasteiger partial charge in [-0.25, -0.2) is 0 Å². The maximum absolute atomic E-state index is 10.6. The van der Waals surface area contributed by atoms with Crippen molar-refractivity contribution >= 4 is 0 Å². The molecule has 0 amide bonds. The highest BCUT2D eigenvalue weighted by molar-refractivity contribution is 5.44. The molecule has 4 aliphatic carbocycles. The van der Waals surface area contributed by atoms with Crippen LogP contribution in [0.25, 0.3) is 0 Å². The fraction of sp³-hybridized carbons (Fsp3) is 0.800. The van der Waals surface area contributed by atoms with Gasteiger partial charge < -0.3 is 0 Å². The van der Waals surface area contributed by atoms with E-state index < -0.39 is 0 Å². The highest BCUT2D eigenvalue weighted by Gasteiger charge is 2.88. The molecule has 0 aromatic heterocycles. The largest absolute Gasteiger partial charge is 0.150 e. The van der Waals surface area contributed by atoms with Gasteiger partial charge in [0.1, 0.15) is 5.54 Å².